The molecule has 8 heteroatoms. The Hall–Kier alpha value is -3.29. The van der Waals surface area contributed by atoms with Crippen molar-refractivity contribution in [3.05, 3.63) is 111 Å². The minimum Gasteiger partial charge on any atom is -0.489 e. The highest BCUT2D eigenvalue weighted by Crippen LogP contribution is 2.35. The van der Waals surface area contributed by atoms with Crippen LogP contribution in [0, 0.1) is 0 Å². The minimum atomic E-state index is -0.126. The van der Waals surface area contributed by atoms with E-state index in [1.807, 2.05) is 67.1 Å². The molecule has 1 amide bonds. The van der Waals surface area contributed by atoms with Crippen molar-refractivity contribution in [1.82, 2.24) is 14.9 Å². The van der Waals surface area contributed by atoms with E-state index in [-0.39, 0.29) is 5.91 Å². The van der Waals surface area contributed by atoms with Crippen molar-refractivity contribution >= 4 is 39.1 Å². The van der Waals surface area contributed by atoms with Crippen molar-refractivity contribution in [2.24, 2.45) is 0 Å². The number of carbonyl (C=O) groups is 1. The molecule has 1 aliphatic heterocycles. The van der Waals surface area contributed by atoms with Gasteiger partial charge in [0.05, 0.1) is 36.4 Å². The maximum absolute atomic E-state index is 13.0. The predicted octanol–water partition coefficient (Wildman–Crippen LogP) is 5.72. The lowest BCUT2D eigenvalue weighted by molar-refractivity contribution is 0.0949. The number of anilines is 1. The van der Waals surface area contributed by atoms with Crippen molar-refractivity contribution in [1.29, 1.82) is 0 Å². The fourth-order valence-corrected chi connectivity index (χ4v) is 4.71. The van der Waals surface area contributed by atoms with E-state index >= 15 is 0 Å². The first-order valence-corrected chi connectivity index (χ1v) is 13.0. The maximum atomic E-state index is 13.0. The Morgan fingerprint density at radius 1 is 1.03 bits per heavy atom. The van der Waals surface area contributed by atoms with Gasteiger partial charge in [-0.3, -0.25) is 4.79 Å². The summed E-state index contributed by atoms with van der Waals surface area (Å²) in [6, 6.07) is 21.7. The van der Waals surface area contributed by atoms with E-state index in [0.29, 0.717) is 37.6 Å². The highest BCUT2D eigenvalue weighted by Gasteiger charge is 2.24. The molecule has 1 aromatic heterocycles. The van der Waals surface area contributed by atoms with Crippen molar-refractivity contribution in [2.75, 3.05) is 24.6 Å². The number of hydrogen-bond acceptors (Lipinski definition) is 4. The largest absolute Gasteiger partial charge is 0.489 e. The molecule has 1 aliphatic rings. The van der Waals surface area contributed by atoms with Crippen LogP contribution in [0.2, 0.25) is 5.02 Å². The molecule has 4 aromatic rings. The van der Waals surface area contributed by atoms with Crippen LogP contribution in [0.5, 0.6) is 5.75 Å². The summed E-state index contributed by atoms with van der Waals surface area (Å²) in [4.78, 5) is 19.6. The standard InChI is InChI=1S/C28H26BrClN4O2/c29-22-8-4-20(5-9-22)12-13-32-28(35)25-2-1-3-26-27(25)36-15-14-33(26)18-24-16-31-19-34(24)17-21-6-10-23(30)11-7-21/h1-11,16,19H,12-15,17-18H2,(H,32,35). The van der Waals surface area contributed by atoms with E-state index in [4.69, 9.17) is 16.3 Å². The first kappa shape index (κ1) is 24.4. The number of hydrogen-bond donors (Lipinski definition) is 1. The summed E-state index contributed by atoms with van der Waals surface area (Å²) in [6.07, 6.45) is 4.50. The maximum Gasteiger partial charge on any atom is 0.255 e. The van der Waals surface area contributed by atoms with Crippen molar-refractivity contribution < 1.29 is 9.53 Å². The van der Waals surface area contributed by atoms with Gasteiger partial charge in [0.2, 0.25) is 0 Å². The lowest BCUT2D eigenvalue weighted by Gasteiger charge is -2.32. The van der Waals surface area contributed by atoms with Crippen LogP contribution < -0.4 is 15.0 Å². The number of halogens is 2. The van der Waals surface area contributed by atoms with Crippen molar-refractivity contribution in [3.8, 4) is 5.75 Å². The zero-order valence-electron chi connectivity index (χ0n) is 19.7. The molecule has 6 nitrogen and oxygen atoms in total. The molecule has 0 unspecified atom stereocenters. The molecule has 0 saturated heterocycles. The van der Waals surface area contributed by atoms with Gasteiger partial charge >= 0.3 is 0 Å². The van der Waals surface area contributed by atoms with E-state index in [1.165, 1.54) is 5.56 Å². The topological polar surface area (TPSA) is 59.4 Å². The minimum absolute atomic E-state index is 0.126. The predicted molar refractivity (Wildman–Crippen MR) is 146 cm³/mol. The van der Waals surface area contributed by atoms with Gasteiger partial charge in [0, 0.05) is 28.8 Å². The molecule has 1 N–H and O–H groups in total. The van der Waals surface area contributed by atoms with E-state index in [1.54, 1.807) is 0 Å². The molecular weight excluding hydrogens is 540 g/mol. The van der Waals surface area contributed by atoms with E-state index in [2.05, 4.69) is 47.8 Å². The SMILES string of the molecule is O=C(NCCc1ccc(Br)cc1)c1cccc2c1OCCN2Cc1cncn1Cc1ccc(Cl)cc1. The smallest absolute Gasteiger partial charge is 0.255 e. The monoisotopic (exact) mass is 564 g/mol. The normalized spacial score (nSPS) is 12.7. The Balaban J connectivity index is 1.27. The lowest BCUT2D eigenvalue weighted by atomic mass is 10.1. The van der Waals surface area contributed by atoms with Crippen LogP contribution in [0.1, 0.15) is 27.2 Å². The number of para-hydroxylation sites is 1. The second kappa shape index (κ2) is 11.2. The number of carbonyl (C=O) groups excluding carboxylic acids is 1. The van der Waals surface area contributed by atoms with Crippen LogP contribution in [0.25, 0.3) is 0 Å². The number of nitrogens with one attached hydrogen (secondary N) is 1. The zero-order chi connectivity index (χ0) is 24.9. The Labute approximate surface area is 224 Å². The third-order valence-electron chi connectivity index (χ3n) is 6.22. The van der Waals surface area contributed by atoms with Gasteiger partial charge in [-0.15, -0.1) is 0 Å². The fraction of sp³-hybridized carbons (Fsp3) is 0.214. The molecule has 3 aromatic carbocycles. The van der Waals surface area contributed by atoms with Crippen LogP contribution in [0.15, 0.2) is 83.7 Å². The number of fused-ring (bicyclic) bond motifs is 1. The average molecular weight is 566 g/mol. The van der Waals surface area contributed by atoms with E-state index < -0.39 is 0 Å². The summed E-state index contributed by atoms with van der Waals surface area (Å²) < 4.78 is 9.18. The van der Waals surface area contributed by atoms with Gasteiger partial charge in [-0.1, -0.05) is 57.9 Å². The number of ether oxygens (including phenoxy) is 1. The van der Waals surface area contributed by atoms with Gasteiger partial charge in [0.15, 0.2) is 5.75 Å². The first-order valence-electron chi connectivity index (χ1n) is 11.8. The molecule has 0 radical (unpaired) electrons. The van der Waals surface area contributed by atoms with Gasteiger partial charge in [-0.05, 0) is 53.9 Å². The molecule has 2 heterocycles. The Kier molecular flexibility index (Phi) is 7.58. The fourth-order valence-electron chi connectivity index (χ4n) is 4.32. The van der Waals surface area contributed by atoms with Crippen LogP contribution in [-0.2, 0) is 19.5 Å². The van der Waals surface area contributed by atoms with Crippen molar-refractivity contribution in [3.63, 3.8) is 0 Å². The molecule has 0 aliphatic carbocycles. The number of imidazole rings is 1. The molecule has 5 rings (SSSR count). The van der Waals surface area contributed by atoms with Crippen molar-refractivity contribution in [2.45, 2.75) is 19.5 Å². The summed E-state index contributed by atoms with van der Waals surface area (Å²) in [5.41, 5.74) is 4.89. The molecular formula is C28H26BrClN4O2. The summed E-state index contributed by atoms with van der Waals surface area (Å²) in [6.45, 7) is 3.18. The highest BCUT2D eigenvalue weighted by atomic mass is 79.9. The number of amides is 1. The Bertz CT molecular complexity index is 1340. The van der Waals surface area contributed by atoms with Gasteiger partial charge in [0.25, 0.3) is 5.91 Å². The van der Waals surface area contributed by atoms with Gasteiger partial charge < -0.3 is 19.5 Å². The summed E-state index contributed by atoms with van der Waals surface area (Å²) >= 11 is 9.48. The molecule has 0 bridgehead atoms. The third kappa shape index (κ3) is 5.74. The van der Waals surface area contributed by atoms with E-state index in [0.717, 1.165) is 39.4 Å². The quantitative estimate of drug-likeness (QED) is 0.297. The Morgan fingerprint density at radius 3 is 2.61 bits per heavy atom. The molecule has 0 saturated carbocycles. The molecule has 36 heavy (non-hydrogen) atoms. The molecule has 0 fully saturated rings. The summed E-state index contributed by atoms with van der Waals surface area (Å²) in [5.74, 6) is 0.507. The van der Waals surface area contributed by atoms with Gasteiger partial charge in [-0.2, -0.15) is 0 Å². The Morgan fingerprint density at radius 2 is 1.81 bits per heavy atom. The van der Waals surface area contributed by atoms with Crippen LogP contribution >= 0.6 is 27.5 Å². The number of rotatable bonds is 8. The van der Waals surface area contributed by atoms with Gasteiger partial charge in [-0.25, -0.2) is 4.98 Å². The number of benzene rings is 3. The second-order valence-corrected chi connectivity index (χ2v) is 10.0. The molecule has 0 atom stereocenters. The highest BCUT2D eigenvalue weighted by molar-refractivity contribution is 9.10. The summed E-state index contributed by atoms with van der Waals surface area (Å²) in [7, 11) is 0. The molecule has 184 valence electrons. The second-order valence-electron chi connectivity index (χ2n) is 8.70. The first-order chi connectivity index (χ1) is 17.6. The molecule has 0 spiro atoms. The van der Waals surface area contributed by atoms with Crippen LogP contribution in [0.3, 0.4) is 0 Å². The third-order valence-corrected chi connectivity index (χ3v) is 7.00. The lowest BCUT2D eigenvalue weighted by Crippen LogP contribution is -2.34. The summed E-state index contributed by atoms with van der Waals surface area (Å²) in [5, 5.41) is 3.76. The zero-order valence-corrected chi connectivity index (χ0v) is 22.0. The van der Waals surface area contributed by atoms with Crippen LogP contribution in [0.4, 0.5) is 5.69 Å². The number of aromatic nitrogens is 2. The van der Waals surface area contributed by atoms with Crippen LogP contribution in [-0.4, -0.2) is 35.2 Å². The van der Waals surface area contributed by atoms with E-state index in [9.17, 15) is 4.79 Å². The van der Waals surface area contributed by atoms with Gasteiger partial charge in [0.1, 0.15) is 6.61 Å². The number of nitrogens with zero attached hydrogens (tertiary/aromatic N) is 3. The average Bonchev–Trinajstić information content (AvgIpc) is 3.32.